The quantitative estimate of drug-likeness (QED) is 0.855. The maximum atomic E-state index is 11.9. The monoisotopic (exact) mass is 348 g/mol. The van der Waals surface area contributed by atoms with Gasteiger partial charge in [0.2, 0.25) is 0 Å². The van der Waals surface area contributed by atoms with E-state index in [2.05, 4.69) is 5.32 Å². The van der Waals surface area contributed by atoms with Crippen LogP contribution in [0.3, 0.4) is 0 Å². The van der Waals surface area contributed by atoms with Crippen LogP contribution in [0.15, 0.2) is 42.5 Å². The van der Waals surface area contributed by atoms with Crippen molar-refractivity contribution in [1.82, 2.24) is 0 Å². The topological polar surface area (TPSA) is 79.2 Å². The Bertz CT molecular complexity index is 783. The molecule has 0 spiro atoms. The molecule has 2 rings (SSSR count). The zero-order valence-electron chi connectivity index (χ0n) is 11.7. The summed E-state index contributed by atoms with van der Waals surface area (Å²) in [5, 5.41) is 11.8. The second kappa shape index (κ2) is 7.63. The number of carbonyl (C=O) groups excluding carboxylic acids is 2. The Kier molecular flexibility index (Phi) is 5.58. The van der Waals surface area contributed by atoms with Gasteiger partial charge in [0.05, 0.1) is 22.2 Å². The van der Waals surface area contributed by atoms with E-state index in [4.69, 9.17) is 33.2 Å². The molecular weight excluding hydrogens is 339 g/mol. The van der Waals surface area contributed by atoms with Crippen LogP contribution >= 0.6 is 23.2 Å². The van der Waals surface area contributed by atoms with Gasteiger partial charge in [0.1, 0.15) is 0 Å². The number of hydrogen-bond acceptors (Lipinski definition) is 4. The van der Waals surface area contributed by atoms with Crippen molar-refractivity contribution in [1.29, 1.82) is 5.26 Å². The Hall–Kier alpha value is -2.55. The van der Waals surface area contributed by atoms with Crippen LogP contribution in [0.2, 0.25) is 10.0 Å². The fourth-order valence-corrected chi connectivity index (χ4v) is 2.05. The van der Waals surface area contributed by atoms with Crippen molar-refractivity contribution in [2.75, 3.05) is 11.9 Å². The number of rotatable bonds is 4. The standard InChI is InChI=1S/C16H10Cl2N2O3/c17-11-3-6-14(18)13(7-11)16(22)23-9-15(21)20-12-4-1-10(8-19)2-5-12/h1-7H,9H2,(H,20,21). The number of benzene rings is 2. The molecule has 2 aromatic rings. The maximum Gasteiger partial charge on any atom is 0.340 e. The van der Waals surface area contributed by atoms with E-state index in [1.165, 1.54) is 18.2 Å². The van der Waals surface area contributed by atoms with E-state index in [9.17, 15) is 9.59 Å². The minimum Gasteiger partial charge on any atom is -0.452 e. The highest BCUT2D eigenvalue weighted by Gasteiger charge is 2.14. The summed E-state index contributed by atoms with van der Waals surface area (Å²) in [7, 11) is 0. The van der Waals surface area contributed by atoms with Gasteiger partial charge in [-0.1, -0.05) is 23.2 Å². The summed E-state index contributed by atoms with van der Waals surface area (Å²) >= 11 is 11.7. The number of hydrogen-bond donors (Lipinski definition) is 1. The van der Waals surface area contributed by atoms with E-state index in [-0.39, 0.29) is 10.6 Å². The molecule has 116 valence electrons. The Morgan fingerprint density at radius 3 is 2.48 bits per heavy atom. The Morgan fingerprint density at radius 2 is 1.83 bits per heavy atom. The third kappa shape index (κ3) is 4.71. The van der Waals surface area contributed by atoms with Crippen molar-refractivity contribution in [2.45, 2.75) is 0 Å². The average Bonchev–Trinajstić information content (AvgIpc) is 2.55. The van der Waals surface area contributed by atoms with Gasteiger partial charge in [-0.25, -0.2) is 4.79 Å². The summed E-state index contributed by atoms with van der Waals surface area (Å²) in [6.07, 6.45) is 0. The molecule has 0 aliphatic heterocycles. The molecule has 0 aromatic heterocycles. The second-order valence-corrected chi connectivity index (χ2v) is 5.28. The number of nitrogens with zero attached hydrogens (tertiary/aromatic N) is 1. The third-order valence-corrected chi connectivity index (χ3v) is 3.35. The Labute approximate surface area is 142 Å². The zero-order valence-corrected chi connectivity index (χ0v) is 13.2. The van der Waals surface area contributed by atoms with Crippen molar-refractivity contribution in [3.05, 3.63) is 63.6 Å². The molecule has 2 aromatic carbocycles. The minimum atomic E-state index is -0.743. The minimum absolute atomic E-state index is 0.0883. The summed E-state index contributed by atoms with van der Waals surface area (Å²) in [6, 6.07) is 12.6. The molecule has 23 heavy (non-hydrogen) atoms. The van der Waals surface area contributed by atoms with Gasteiger partial charge in [-0.05, 0) is 42.5 Å². The van der Waals surface area contributed by atoms with Crippen LogP contribution in [0, 0.1) is 11.3 Å². The summed E-state index contributed by atoms with van der Waals surface area (Å²) in [5.41, 5.74) is 1.06. The number of esters is 1. The van der Waals surface area contributed by atoms with Gasteiger partial charge >= 0.3 is 5.97 Å². The van der Waals surface area contributed by atoms with Crippen LogP contribution < -0.4 is 5.32 Å². The Morgan fingerprint density at radius 1 is 1.13 bits per heavy atom. The molecule has 0 bridgehead atoms. The van der Waals surface area contributed by atoms with Crippen molar-refractivity contribution >= 4 is 40.8 Å². The molecule has 0 aliphatic rings. The molecule has 1 amide bonds. The average molecular weight is 349 g/mol. The van der Waals surface area contributed by atoms with Gasteiger partial charge in [0.25, 0.3) is 5.91 Å². The molecule has 0 atom stereocenters. The lowest BCUT2D eigenvalue weighted by atomic mass is 10.2. The van der Waals surface area contributed by atoms with E-state index in [1.807, 2.05) is 6.07 Å². The van der Waals surface area contributed by atoms with Crippen molar-refractivity contribution in [2.24, 2.45) is 0 Å². The summed E-state index contributed by atoms with van der Waals surface area (Å²) in [5.74, 6) is -1.26. The fraction of sp³-hybridized carbons (Fsp3) is 0.0625. The predicted molar refractivity (Wildman–Crippen MR) is 86.5 cm³/mol. The van der Waals surface area contributed by atoms with E-state index in [1.54, 1.807) is 24.3 Å². The Balaban J connectivity index is 1.92. The first-order valence-corrected chi connectivity index (χ1v) is 7.17. The van der Waals surface area contributed by atoms with Crippen LogP contribution in [0.25, 0.3) is 0 Å². The number of ether oxygens (including phenoxy) is 1. The SMILES string of the molecule is N#Cc1ccc(NC(=O)COC(=O)c2cc(Cl)ccc2Cl)cc1. The molecule has 0 radical (unpaired) electrons. The first kappa shape index (κ1) is 16.8. The molecule has 5 nitrogen and oxygen atoms in total. The molecule has 0 unspecified atom stereocenters. The molecule has 0 heterocycles. The lowest BCUT2D eigenvalue weighted by molar-refractivity contribution is -0.119. The van der Waals surface area contributed by atoms with Gasteiger partial charge in [0, 0.05) is 10.7 Å². The molecule has 0 saturated heterocycles. The number of nitriles is 1. The summed E-state index contributed by atoms with van der Waals surface area (Å²) < 4.78 is 4.90. The van der Waals surface area contributed by atoms with Crippen LogP contribution in [0.1, 0.15) is 15.9 Å². The van der Waals surface area contributed by atoms with Crippen molar-refractivity contribution in [3.63, 3.8) is 0 Å². The normalized spacial score (nSPS) is 9.78. The van der Waals surface area contributed by atoms with Crippen LogP contribution in [-0.2, 0) is 9.53 Å². The van der Waals surface area contributed by atoms with Gasteiger partial charge in [0.15, 0.2) is 6.61 Å². The van der Waals surface area contributed by atoms with E-state index in [0.29, 0.717) is 16.3 Å². The molecule has 1 N–H and O–H groups in total. The smallest absolute Gasteiger partial charge is 0.340 e. The zero-order chi connectivity index (χ0) is 16.8. The van der Waals surface area contributed by atoms with Crippen molar-refractivity contribution < 1.29 is 14.3 Å². The predicted octanol–water partition coefficient (Wildman–Crippen LogP) is 3.66. The van der Waals surface area contributed by atoms with Crippen LogP contribution in [0.4, 0.5) is 5.69 Å². The van der Waals surface area contributed by atoms with E-state index in [0.717, 1.165) is 0 Å². The highest BCUT2D eigenvalue weighted by molar-refractivity contribution is 6.35. The van der Waals surface area contributed by atoms with Crippen LogP contribution in [-0.4, -0.2) is 18.5 Å². The molecular formula is C16H10Cl2N2O3. The van der Waals surface area contributed by atoms with Gasteiger partial charge in [-0.15, -0.1) is 0 Å². The maximum absolute atomic E-state index is 11.9. The lowest BCUT2D eigenvalue weighted by Gasteiger charge is -2.08. The molecule has 7 heteroatoms. The number of halogens is 2. The number of carbonyl (C=O) groups is 2. The number of amides is 1. The highest BCUT2D eigenvalue weighted by atomic mass is 35.5. The van der Waals surface area contributed by atoms with Gasteiger partial charge < -0.3 is 10.1 Å². The second-order valence-electron chi connectivity index (χ2n) is 4.44. The molecule has 0 saturated carbocycles. The summed E-state index contributed by atoms with van der Waals surface area (Å²) in [4.78, 5) is 23.6. The third-order valence-electron chi connectivity index (χ3n) is 2.78. The number of nitrogens with one attached hydrogen (secondary N) is 1. The first-order valence-electron chi connectivity index (χ1n) is 6.42. The van der Waals surface area contributed by atoms with Crippen LogP contribution in [0.5, 0.6) is 0 Å². The molecule has 0 aliphatic carbocycles. The van der Waals surface area contributed by atoms with Gasteiger partial charge in [-0.2, -0.15) is 5.26 Å². The van der Waals surface area contributed by atoms with Gasteiger partial charge in [-0.3, -0.25) is 4.79 Å². The highest BCUT2D eigenvalue weighted by Crippen LogP contribution is 2.21. The van der Waals surface area contributed by atoms with E-state index >= 15 is 0 Å². The van der Waals surface area contributed by atoms with E-state index < -0.39 is 18.5 Å². The van der Waals surface area contributed by atoms with Crippen molar-refractivity contribution in [3.8, 4) is 6.07 Å². The largest absolute Gasteiger partial charge is 0.452 e. The molecule has 0 fully saturated rings. The summed E-state index contributed by atoms with van der Waals surface area (Å²) in [6.45, 7) is -0.471. The lowest BCUT2D eigenvalue weighted by Crippen LogP contribution is -2.21. The first-order chi connectivity index (χ1) is 11.0. The fourth-order valence-electron chi connectivity index (χ4n) is 1.69. The number of anilines is 1.